The number of hydrogen-bond donors (Lipinski definition) is 2. The molecule has 0 saturated heterocycles. The second-order valence-electron chi connectivity index (χ2n) is 6.37. The number of rotatable bonds is 8. The van der Waals surface area contributed by atoms with Crippen LogP contribution in [0.2, 0.25) is 0 Å². The summed E-state index contributed by atoms with van der Waals surface area (Å²) < 4.78 is 16.3. The van der Waals surface area contributed by atoms with E-state index in [-0.39, 0.29) is 24.0 Å². The normalized spacial score (nSPS) is 10.6. The van der Waals surface area contributed by atoms with Gasteiger partial charge in [-0.1, -0.05) is 24.3 Å². The maximum atomic E-state index is 5.75. The summed E-state index contributed by atoms with van der Waals surface area (Å²) in [6.45, 7) is 1.19. The molecular formula is C23H27IN4O3. The molecule has 0 aliphatic carbocycles. The molecule has 0 aliphatic heterocycles. The van der Waals surface area contributed by atoms with Crippen molar-refractivity contribution in [2.45, 2.75) is 13.1 Å². The molecule has 1 aromatic heterocycles. The summed E-state index contributed by atoms with van der Waals surface area (Å²) in [4.78, 5) is 8.63. The third-order valence-corrected chi connectivity index (χ3v) is 4.40. The largest absolute Gasteiger partial charge is 0.497 e. The standard InChI is InChI=1S/C23H26N4O3.HI/c1-24-23(27-16-18-6-4-5-7-21(18)29-3)26-15-17-8-13-22(25-14-17)30-20-11-9-19(28-2)10-12-20;/h4-14H,15-16H2,1-3H3,(H2,24,26,27);1H. The lowest BCUT2D eigenvalue weighted by Gasteiger charge is -2.14. The van der Waals surface area contributed by atoms with Crippen molar-refractivity contribution in [3.8, 4) is 23.1 Å². The number of pyridine rings is 1. The number of hydrogen-bond acceptors (Lipinski definition) is 5. The van der Waals surface area contributed by atoms with Gasteiger partial charge in [-0.3, -0.25) is 4.99 Å². The van der Waals surface area contributed by atoms with Crippen LogP contribution in [0.15, 0.2) is 71.9 Å². The van der Waals surface area contributed by atoms with Gasteiger partial charge < -0.3 is 24.8 Å². The maximum Gasteiger partial charge on any atom is 0.219 e. The van der Waals surface area contributed by atoms with Crippen LogP contribution < -0.4 is 24.8 Å². The zero-order valence-electron chi connectivity index (χ0n) is 17.8. The molecule has 3 rings (SSSR count). The van der Waals surface area contributed by atoms with Crippen LogP contribution in [0.4, 0.5) is 0 Å². The second-order valence-corrected chi connectivity index (χ2v) is 6.37. The Morgan fingerprint density at radius 1 is 0.871 bits per heavy atom. The summed E-state index contributed by atoms with van der Waals surface area (Å²) in [5.41, 5.74) is 2.07. The van der Waals surface area contributed by atoms with E-state index in [1.165, 1.54) is 0 Å². The van der Waals surface area contributed by atoms with Gasteiger partial charge in [-0.2, -0.15) is 0 Å². The molecule has 0 spiro atoms. The zero-order valence-corrected chi connectivity index (χ0v) is 20.1. The molecular weight excluding hydrogens is 507 g/mol. The number of aromatic nitrogens is 1. The summed E-state index contributed by atoms with van der Waals surface area (Å²) in [5, 5.41) is 6.57. The maximum absolute atomic E-state index is 5.75. The van der Waals surface area contributed by atoms with Crippen LogP contribution in [0.5, 0.6) is 23.1 Å². The summed E-state index contributed by atoms with van der Waals surface area (Å²) >= 11 is 0. The Labute approximate surface area is 199 Å². The molecule has 2 N–H and O–H groups in total. The molecule has 0 radical (unpaired) electrons. The quantitative estimate of drug-likeness (QED) is 0.254. The Bertz CT molecular complexity index is 963. The molecule has 0 amide bonds. The van der Waals surface area contributed by atoms with Gasteiger partial charge in [0, 0.05) is 38.0 Å². The minimum atomic E-state index is 0. The van der Waals surface area contributed by atoms with Crippen LogP contribution in [0.25, 0.3) is 0 Å². The second kappa shape index (κ2) is 12.6. The van der Waals surface area contributed by atoms with Crippen molar-refractivity contribution in [3.63, 3.8) is 0 Å². The Balaban J connectivity index is 0.00000341. The van der Waals surface area contributed by atoms with Crippen molar-refractivity contribution < 1.29 is 14.2 Å². The van der Waals surface area contributed by atoms with Crippen LogP contribution in [0.3, 0.4) is 0 Å². The lowest BCUT2D eigenvalue weighted by molar-refractivity contribution is 0.409. The minimum absolute atomic E-state index is 0. The first kappa shape index (κ1) is 24.3. The number of ether oxygens (including phenoxy) is 3. The lowest BCUT2D eigenvalue weighted by atomic mass is 10.2. The first-order valence-electron chi connectivity index (χ1n) is 9.55. The van der Waals surface area contributed by atoms with Gasteiger partial charge in [0.2, 0.25) is 5.88 Å². The highest BCUT2D eigenvalue weighted by molar-refractivity contribution is 14.0. The van der Waals surface area contributed by atoms with E-state index in [4.69, 9.17) is 14.2 Å². The summed E-state index contributed by atoms with van der Waals surface area (Å²) in [7, 11) is 5.04. The van der Waals surface area contributed by atoms with Crippen LogP contribution in [0.1, 0.15) is 11.1 Å². The monoisotopic (exact) mass is 534 g/mol. The van der Waals surface area contributed by atoms with Crippen molar-refractivity contribution in [3.05, 3.63) is 78.0 Å². The van der Waals surface area contributed by atoms with Gasteiger partial charge in [0.25, 0.3) is 0 Å². The number of nitrogens with one attached hydrogen (secondary N) is 2. The number of aliphatic imine (C=N–C) groups is 1. The minimum Gasteiger partial charge on any atom is -0.497 e. The molecule has 0 unspecified atom stereocenters. The van der Waals surface area contributed by atoms with Gasteiger partial charge in [-0.05, 0) is 35.9 Å². The fourth-order valence-electron chi connectivity index (χ4n) is 2.77. The van der Waals surface area contributed by atoms with Crippen molar-refractivity contribution in [2.75, 3.05) is 21.3 Å². The number of methoxy groups -OCH3 is 2. The molecule has 3 aromatic rings. The molecule has 31 heavy (non-hydrogen) atoms. The van der Waals surface area contributed by atoms with E-state index in [1.54, 1.807) is 27.5 Å². The average Bonchev–Trinajstić information content (AvgIpc) is 2.81. The Morgan fingerprint density at radius 2 is 1.58 bits per heavy atom. The molecule has 0 atom stereocenters. The Morgan fingerprint density at radius 3 is 2.23 bits per heavy atom. The average molecular weight is 534 g/mol. The number of para-hydroxylation sites is 1. The number of halogens is 1. The van der Waals surface area contributed by atoms with Crippen LogP contribution in [-0.4, -0.2) is 32.2 Å². The lowest BCUT2D eigenvalue weighted by Crippen LogP contribution is -2.36. The first-order chi connectivity index (χ1) is 14.7. The van der Waals surface area contributed by atoms with E-state index < -0.39 is 0 Å². The van der Waals surface area contributed by atoms with Gasteiger partial charge in [0.15, 0.2) is 5.96 Å². The first-order valence-corrected chi connectivity index (χ1v) is 9.55. The third kappa shape index (κ3) is 7.32. The smallest absolute Gasteiger partial charge is 0.219 e. The van der Waals surface area contributed by atoms with Crippen LogP contribution >= 0.6 is 24.0 Å². The van der Waals surface area contributed by atoms with Gasteiger partial charge in [0.05, 0.1) is 14.2 Å². The molecule has 2 aromatic carbocycles. The van der Waals surface area contributed by atoms with E-state index in [1.807, 2.05) is 60.7 Å². The molecule has 1 heterocycles. The molecule has 164 valence electrons. The predicted octanol–water partition coefficient (Wildman–Crippen LogP) is 4.37. The highest BCUT2D eigenvalue weighted by atomic mass is 127. The predicted molar refractivity (Wildman–Crippen MR) is 133 cm³/mol. The fourth-order valence-corrected chi connectivity index (χ4v) is 2.77. The number of guanidine groups is 1. The van der Waals surface area contributed by atoms with Gasteiger partial charge in [-0.15, -0.1) is 24.0 Å². The van der Waals surface area contributed by atoms with E-state index >= 15 is 0 Å². The highest BCUT2D eigenvalue weighted by Crippen LogP contribution is 2.22. The van der Waals surface area contributed by atoms with Crippen molar-refractivity contribution in [1.82, 2.24) is 15.6 Å². The molecule has 7 nitrogen and oxygen atoms in total. The van der Waals surface area contributed by atoms with Gasteiger partial charge in [-0.25, -0.2) is 4.98 Å². The molecule has 0 bridgehead atoms. The van der Waals surface area contributed by atoms with E-state index in [2.05, 4.69) is 20.6 Å². The van der Waals surface area contributed by atoms with E-state index in [9.17, 15) is 0 Å². The van der Waals surface area contributed by atoms with E-state index in [0.29, 0.717) is 30.7 Å². The zero-order chi connectivity index (χ0) is 21.2. The van der Waals surface area contributed by atoms with E-state index in [0.717, 1.165) is 22.6 Å². The van der Waals surface area contributed by atoms with Gasteiger partial charge in [0.1, 0.15) is 17.2 Å². The summed E-state index contributed by atoms with van der Waals surface area (Å²) in [6, 6.07) is 19.1. The van der Waals surface area contributed by atoms with Crippen molar-refractivity contribution in [2.24, 2.45) is 4.99 Å². The van der Waals surface area contributed by atoms with Crippen molar-refractivity contribution in [1.29, 1.82) is 0 Å². The number of benzene rings is 2. The SMILES string of the molecule is CN=C(NCc1ccc(Oc2ccc(OC)cc2)nc1)NCc1ccccc1OC.I. The fraction of sp³-hybridized carbons (Fsp3) is 0.217. The highest BCUT2D eigenvalue weighted by Gasteiger charge is 2.05. The molecule has 0 aliphatic rings. The van der Waals surface area contributed by atoms with Crippen LogP contribution in [0, 0.1) is 0 Å². The molecule has 8 heteroatoms. The summed E-state index contributed by atoms with van der Waals surface area (Å²) in [5.74, 6) is 3.55. The topological polar surface area (TPSA) is 77.0 Å². The number of nitrogens with zero attached hydrogens (tertiary/aromatic N) is 2. The van der Waals surface area contributed by atoms with Gasteiger partial charge >= 0.3 is 0 Å². The Kier molecular flexibility index (Phi) is 9.89. The van der Waals surface area contributed by atoms with Crippen molar-refractivity contribution >= 4 is 29.9 Å². The summed E-state index contributed by atoms with van der Waals surface area (Å²) in [6.07, 6.45) is 1.78. The Hall–Kier alpha value is -3.01. The molecule has 0 fully saturated rings. The molecule has 0 saturated carbocycles. The van der Waals surface area contributed by atoms with Crippen LogP contribution in [-0.2, 0) is 13.1 Å². The third-order valence-electron chi connectivity index (χ3n) is 4.40.